The van der Waals surface area contributed by atoms with Gasteiger partial charge in [-0.05, 0) is 23.9 Å². The molecule has 1 amide bonds. The maximum atomic E-state index is 11.6. The maximum Gasteiger partial charge on any atom is 0.267 e. The molecule has 0 unspecified atom stereocenters. The monoisotopic (exact) mass is 254 g/mol. The topological polar surface area (TPSA) is 44.9 Å². The fourth-order valence-corrected chi connectivity index (χ4v) is 2.22. The van der Waals surface area contributed by atoms with Gasteiger partial charge in [0, 0.05) is 17.6 Å². The van der Waals surface area contributed by atoms with Crippen molar-refractivity contribution < 1.29 is 4.79 Å². The Labute approximate surface area is 102 Å². The minimum Gasteiger partial charge on any atom is -0.356 e. The van der Waals surface area contributed by atoms with Crippen LogP contribution in [0.3, 0.4) is 0 Å². The van der Waals surface area contributed by atoms with Crippen LogP contribution in [0.5, 0.6) is 0 Å². The zero-order valence-electron chi connectivity index (χ0n) is 8.50. The number of aromatic amines is 1. The van der Waals surface area contributed by atoms with Crippen LogP contribution in [0.4, 0.5) is 0 Å². The molecule has 0 saturated heterocycles. The van der Waals surface area contributed by atoms with Gasteiger partial charge in [-0.15, -0.1) is 11.3 Å². The molecular weight excluding hydrogens is 244 g/mol. The predicted molar refractivity (Wildman–Crippen MR) is 66.2 cm³/mol. The summed E-state index contributed by atoms with van der Waals surface area (Å²) in [5.41, 5.74) is 0.496. The lowest BCUT2D eigenvalue weighted by Crippen LogP contribution is -2.25. The molecule has 0 bridgehead atoms. The van der Waals surface area contributed by atoms with Crippen molar-refractivity contribution in [1.29, 1.82) is 0 Å². The van der Waals surface area contributed by atoms with Gasteiger partial charge in [0.1, 0.15) is 5.69 Å². The Morgan fingerprint density at radius 3 is 3.06 bits per heavy atom. The third-order valence-electron chi connectivity index (χ3n) is 2.13. The molecule has 0 aliphatic carbocycles. The van der Waals surface area contributed by atoms with Crippen LogP contribution in [-0.2, 0) is 6.42 Å². The standard InChI is InChI=1S/C11H11ClN2OS/c12-8-6-10(14-7-8)11(15)13-4-3-9-2-1-5-16-9/h1-2,5-7,14H,3-4H2,(H,13,15). The van der Waals surface area contributed by atoms with Crippen LogP contribution in [0.25, 0.3) is 0 Å². The van der Waals surface area contributed by atoms with Crippen molar-refractivity contribution >= 4 is 28.8 Å². The molecule has 2 heterocycles. The molecule has 0 aliphatic heterocycles. The number of hydrogen-bond acceptors (Lipinski definition) is 2. The van der Waals surface area contributed by atoms with Crippen molar-refractivity contribution in [3.8, 4) is 0 Å². The summed E-state index contributed by atoms with van der Waals surface area (Å²) >= 11 is 7.40. The smallest absolute Gasteiger partial charge is 0.267 e. The van der Waals surface area contributed by atoms with Crippen molar-refractivity contribution in [2.24, 2.45) is 0 Å². The van der Waals surface area contributed by atoms with Crippen molar-refractivity contribution in [2.75, 3.05) is 6.54 Å². The zero-order valence-corrected chi connectivity index (χ0v) is 10.1. The van der Waals surface area contributed by atoms with E-state index in [9.17, 15) is 4.79 Å². The Bertz CT molecular complexity index is 464. The summed E-state index contributed by atoms with van der Waals surface area (Å²) in [5.74, 6) is -0.122. The van der Waals surface area contributed by atoms with Gasteiger partial charge in [-0.2, -0.15) is 0 Å². The van der Waals surface area contributed by atoms with Gasteiger partial charge in [-0.1, -0.05) is 17.7 Å². The normalized spacial score (nSPS) is 10.3. The highest BCUT2D eigenvalue weighted by molar-refractivity contribution is 7.09. The van der Waals surface area contributed by atoms with E-state index in [2.05, 4.69) is 16.4 Å². The van der Waals surface area contributed by atoms with Crippen LogP contribution in [-0.4, -0.2) is 17.4 Å². The van der Waals surface area contributed by atoms with E-state index in [-0.39, 0.29) is 5.91 Å². The van der Waals surface area contributed by atoms with E-state index in [0.717, 1.165) is 6.42 Å². The minimum absolute atomic E-state index is 0.122. The molecule has 16 heavy (non-hydrogen) atoms. The molecule has 2 aromatic rings. The Hall–Kier alpha value is -1.26. The molecule has 0 aromatic carbocycles. The summed E-state index contributed by atoms with van der Waals surface area (Å²) in [6, 6.07) is 5.68. The van der Waals surface area contributed by atoms with E-state index in [1.54, 1.807) is 23.6 Å². The lowest BCUT2D eigenvalue weighted by atomic mass is 10.3. The van der Waals surface area contributed by atoms with Crippen molar-refractivity contribution in [1.82, 2.24) is 10.3 Å². The van der Waals surface area contributed by atoms with Crippen LogP contribution < -0.4 is 5.32 Å². The lowest BCUT2D eigenvalue weighted by molar-refractivity contribution is 0.0950. The Balaban J connectivity index is 1.80. The summed E-state index contributed by atoms with van der Waals surface area (Å²) in [7, 11) is 0. The molecule has 0 radical (unpaired) electrons. The molecule has 3 nitrogen and oxygen atoms in total. The average Bonchev–Trinajstić information content (AvgIpc) is 2.89. The third kappa shape index (κ3) is 2.87. The number of carbonyl (C=O) groups is 1. The first kappa shape index (κ1) is 11.2. The van der Waals surface area contributed by atoms with E-state index in [0.29, 0.717) is 17.3 Å². The molecule has 0 atom stereocenters. The SMILES string of the molecule is O=C(NCCc1cccs1)c1cc(Cl)c[nH]1. The van der Waals surface area contributed by atoms with Gasteiger partial charge in [0.15, 0.2) is 0 Å². The quantitative estimate of drug-likeness (QED) is 0.866. The second-order valence-electron chi connectivity index (χ2n) is 3.32. The van der Waals surface area contributed by atoms with E-state index in [4.69, 9.17) is 11.6 Å². The molecule has 0 fully saturated rings. The first-order valence-corrected chi connectivity index (χ1v) is 6.16. The number of aromatic nitrogens is 1. The first-order chi connectivity index (χ1) is 7.75. The summed E-state index contributed by atoms with van der Waals surface area (Å²) in [6.45, 7) is 0.635. The summed E-state index contributed by atoms with van der Waals surface area (Å²) in [5, 5.41) is 5.40. The van der Waals surface area contributed by atoms with E-state index in [1.807, 2.05) is 11.4 Å². The van der Waals surface area contributed by atoms with Gasteiger partial charge in [0.25, 0.3) is 5.91 Å². The summed E-state index contributed by atoms with van der Waals surface area (Å²) < 4.78 is 0. The third-order valence-corrected chi connectivity index (χ3v) is 3.28. The zero-order chi connectivity index (χ0) is 11.4. The van der Waals surface area contributed by atoms with Crippen LogP contribution in [0.1, 0.15) is 15.4 Å². The minimum atomic E-state index is -0.122. The molecule has 2 rings (SSSR count). The highest BCUT2D eigenvalue weighted by Gasteiger charge is 2.06. The van der Waals surface area contributed by atoms with E-state index in [1.165, 1.54) is 4.88 Å². The predicted octanol–water partition coefficient (Wildman–Crippen LogP) is 2.70. The molecular formula is C11H11ClN2OS. The van der Waals surface area contributed by atoms with E-state index >= 15 is 0 Å². The van der Waals surface area contributed by atoms with Gasteiger partial charge in [-0.3, -0.25) is 4.79 Å². The van der Waals surface area contributed by atoms with Crippen molar-refractivity contribution in [3.05, 3.63) is 45.4 Å². The van der Waals surface area contributed by atoms with E-state index < -0.39 is 0 Å². The first-order valence-electron chi connectivity index (χ1n) is 4.90. The van der Waals surface area contributed by atoms with Crippen LogP contribution in [0.2, 0.25) is 5.02 Å². The Morgan fingerprint density at radius 1 is 1.56 bits per heavy atom. The van der Waals surface area contributed by atoms with Crippen LogP contribution in [0.15, 0.2) is 29.8 Å². The molecule has 0 aliphatic rings. The van der Waals surface area contributed by atoms with Crippen LogP contribution in [0, 0.1) is 0 Å². The number of carbonyl (C=O) groups excluding carboxylic acids is 1. The summed E-state index contributed by atoms with van der Waals surface area (Å²) in [4.78, 5) is 15.7. The molecule has 84 valence electrons. The fourth-order valence-electron chi connectivity index (χ4n) is 1.35. The second-order valence-corrected chi connectivity index (χ2v) is 4.79. The molecule has 2 N–H and O–H groups in total. The molecule has 0 spiro atoms. The molecule has 2 aromatic heterocycles. The number of H-pyrrole nitrogens is 1. The van der Waals surface area contributed by atoms with Crippen molar-refractivity contribution in [2.45, 2.75) is 6.42 Å². The lowest BCUT2D eigenvalue weighted by Gasteiger charge is -2.01. The van der Waals surface area contributed by atoms with Crippen LogP contribution >= 0.6 is 22.9 Å². The molecule has 0 saturated carbocycles. The Morgan fingerprint density at radius 2 is 2.44 bits per heavy atom. The van der Waals surface area contributed by atoms with Gasteiger partial charge in [0.2, 0.25) is 0 Å². The second kappa shape index (κ2) is 5.18. The number of nitrogens with one attached hydrogen (secondary N) is 2. The van der Waals surface area contributed by atoms with Gasteiger partial charge in [0.05, 0.1) is 5.02 Å². The van der Waals surface area contributed by atoms with Gasteiger partial charge >= 0.3 is 0 Å². The number of rotatable bonds is 4. The maximum absolute atomic E-state index is 11.6. The highest BCUT2D eigenvalue weighted by Crippen LogP contribution is 2.10. The molecule has 5 heteroatoms. The number of hydrogen-bond donors (Lipinski definition) is 2. The van der Waals surface area contributed by atoms with Gasteiger partial charge in [-0.25, -0.2) is 0 Å². The Kier molecular flexibility index (Phi) is 3.64. The summed E-state index contributed by atoms with van der Waals surface area (Å²) in [6.07, 6.45) is 2.45. The fraction of sp³-hybridized carbons (Fsp3) is 0.182. The highest BCUT2D eigenvalue weighted by atomic mass is 35.5. The number of halogens is 1. The number of amides is 1. The average molecular weight is 255 g/mol. The largest absolute Gasteiger partial charge is 0.356 e. The van der Waals surface area contributed by atoms with Gasteiger partial charge < -0.3 is 10.3 Å². The van der Waals surface area contributed by atoms with Crippen molar-refractivity contribution in [3.63, 3.8) is 0 Å². The number of thiophene rings is 1.